The summed E-state index contributed by atoms with van der Waals surface area (Å²) in [5.74, 6) is 0.196. The first kappa shape index (κ1) is 18.1. The topological polar surface area (TPSA) is 101 Å². The van der Waals surface area contributed by atoms with Crippen LogP contribution < -0.4 is 4.72 Å². The molecule has 0 aliphatic carbocycles. The summed E-state index contributed by atoms with van der Waals surface area (Å²) in [6, 6.07) is 3.85. The van der Waals surface area contributed by atoms with E-state index in [1.165, 1.54) is 18.2 Å². The SMILES string of the molecule is CCc1noc(-c2c(C)[nH]c(C)c2S(=O)(=O)Nc2ccc(F)cc2C)n1. The van der Waals surface area contributed by atoms with Crippen LogP contribution in [0.25, 0.3) is 11.5 Å². The molecule has 0 saturated carbocycles. The van der Waals surface area contributed by atoms with Crippen molar-refractivity contribution in [3.63, 3.8) is 0 Å². The van der Waals surface area contributed by atoms with Crippen LogP contribution in [-0.4, -0.2) is 23.5 Å². The highest BCUT2D eigenvalue weighted by Crippen LogP contribution is 2.34. The molecular weight excluding hydrogens is 359 g/mol. The number of sulfonamides is 1. The highest BCUT2D eigenvalue weighted by atomic mass is 32.2. The molecule has 2 aromatic heterocycles. The van der Waals surface area contributed by atoms with E-state index < -0.39 is 15.8 Å². The van der Waals surface area contributed by atoms with E-state index in [0.717, 1.165) is 0 Å². The molecule has 0 aliphatic heterocycles. The summed E-state index contributed by atoms with van der Waals surface area (Å²) in [5.41, 5.74) is 2.16. The number of halogens is 1. The van der Waals surface area contributed by atoms with E-state index in [4.69, 9.17) is 4.52 Å². The van der Waals surface area contributed by atoms with Crippen LogP contribution in [0.5, 0.6) is 0 Å². The third-order valence-electron chi connectivity index (χ3n) is 4.02. The molecule has 0 saturated heterocycles. The number of hydrogen-bond acceptors (Lipinski definition) is 5. The van der Waals surface area contributed by atoms with Crippen LogP contribution in [0.3, 0.4) is 0 Å². The van der Waals surface area contributed by atoms with Crippen LogP contribution in [0.1, 0.15) is 29.7 Å². The largest absolute Gasteiger partial charge is 0.361 e. The van der Waals surface area contributed by atoms with Crippen LogP contribution in [0, 0.1) is 26.6 Å². The van der Waals surface area contributed by atoms with Crippen LogP contribution in [0.2, 0.25) is 0 Å². The highest BCUT2D eigenvalue weighted by molar-refractivity contribution is 7.93. The summed E-state index contributed by atoms with van der Waals surface area (Å²) in [5, 5.41) is 3.84. The van der Waals surface area contributed by atoms with Gasteiger partial charge in [-0.2, -0.15) is 4.98 Å². The Morgan fingerprint density at radius 1 is 1.23 bits per heavy atom. The number of H-pyrrole nitrogens is 1. The number of aromatic nitrogens is 3. The average molecular weight is 378 g/mol. The molecule has 0 radical (unpaired) electrons. The number of hydrogen-bond donors (Lipinski definition) is 2. The van der Waals surface area contributed by atoms with Gasteiger partial charge in [-0.25, -0.2) is 12.8 Å². The van der Waals surface area contributed by atoms with Gasteiger partial charge in [0.25, 0.3) is 15.9 Å². The van der Waals surface area contributed by atoms with Crippen molar-refractivity contribution in [3.8, 4) is 11.5 Å². The summed E-state index contributed by atoms with van der Waals surface area (Å²) in [7, 11) is -3.97. The summed E-state index contributed by atoms with van der Waals surface area (Å²) >= 11 is 0. The second kappa shape index (κ2) is 6.56. The minimum Gasteiger partial charge on any atom is -0.361 e. The lowest BCUT2D eigenvalue weighted by Gasteiger charge is -2.11. The predicted molar refractivity (Wildman–Crippen MR) is 94.9 cm³/mol. The molecular formula is C17H19FN4O3S. The van der Waals surface area contributed by atoms with Gasteiger partial charge in [-0.1, -0.05) is 12.1 Å². The van der Waals surface area contributed by atoms with E-state index >= 15 is 0 Å². The Morgan fingerprint density at radius 2 is 1.96 bits per heavy atom. The zero-order valence-electron chi connectivity index (χ0n) is 14.8. The molecule has 0 fully saturated rings. The average Bonchev–Trinajstić information content (AvgIpc) is 3.13. The molecule has 3 aromatic rings. The minimum atomic E-state index is -3.97. The number of nitrogens with zero attached hydrogens (tertiary/aromatic N) is 2. The normalized spacial score (nSPS) is 11.7. The quantitative estimate of drug-likeness (QED) is 0.708. The lowest BCUT2D eigenvalue weighted by atomic mass is 10.2. The smallest absolute Gasteiger partial charge is 0.264 e. The summed E-state index contributed by atoms with van der Waals surface area (Å²) < 4.78 is 47.1. The van der Waals surface area contributed by atoms with Gasteiger partial charge in [0, 0.05) is 17.8 Å². The lowest BCUT2D eigenvalue weighted by molar-refractivity contribution is 0.422. The first-order chi connectivity index (χ1) is 12.2. The first-order valence-corrected chi connectivity index (χ1v) is 9.52. The van der Waals surface area contributed by atoms with Gasteiger partial charge in [-0.3, -0.25) is 4.72 Å². The summed E-state index contributed by atoms with van der Waals surface area (Å²) in [4.78, 5) is 7.29. The third kappa shape index (κ3) is 3.22. The maximum Gasteiger partial charge on any atom is 0.264 e. The van der Waals surface area contributed by atoms with Crippen molar-refractivity contribution in [2.75, 3.05) is 4.72 Å². The minimum absolute atomic E-state index is 0.0324. The Kier molecular flexibility index (Phi) is 4.57. The lowest BCUT2D eigenvalue weighted by Crippen LogP contribution is -2.15. The maximum absolute atomic E-state index is 13.3. The molecule has 26 heavy (non-hydrogen) atoms. The van der Waals surface area contributed by atoms with Gasteiger partial charge in [-0.15, -0.1) is 0 Å². The molecule has 2 N–H and O–H groups in total. The molecule has 7 nitrogen and oxygen atoms in total. The molecule has 138 valence electrons. The molecule has 3 rings (SSSR count). The van der Waals surface area contributed by atoms with E-state index in [-0.39, 0.29) is 10.8 Å². The standard InChI is InChI=1S/C17H19FN4O3S/c1-5-14-20-17(25-21-14)15-10(3)19-11(4)16(15)26(23,24)22-13-7-6-12(18)8-9(13)2/h6-8,19,22H,5H2,1-4H3. The Morgan fingerprint density at radius 3 is 2.58 bits per heavy atom. The molecule has 0 bridgehead atoms. The van der Waals surface area contributed by atoms with Crippen molar-refractivity contribution in [1.29, 1.82) is 0 Å². The van der Waals surface area contributed by atoms with Crippen molar-refractivity contribution >= 4 is 15.7 Å². The third-order valence-corrected chi connectivity index (χ3v) is 5.55. The second-order valence-corrected chi connectivity index (χ2v) is 7.63. The van der Waals surface area contributed by atoms with Crippen LogP contribution in [0.15, 0.2) is 27.6 Å². The van der Waals surface area contributed by atoms with Gasteiger partial charge in [-0.05, 0) is 44.5 Å². The first-order valence-electron chi connectivity index (χ1n) is 8.04. The van der Waals surface area contributed by atoms with Gasteiger partial charge >= 0.3 is 0 Å². The fraction of sp³-hybridized carbons (Fsp3) is 0.294. The van der Waals surface area contributed by atoms with E-state index in [0.29, 0.717) is 40.4 Å². The van der Waals surface area contributed by atoms with E-state index in [2.05, 4.69) is 19.8 Å². The molecule has 0 atom stereocenters. The Labute approximate surface area is 150 Å². The van der Waals surface area contributed by atoms with Crippen LogP contribution in [-0.2, 0) is 16.4 Å². The van der Waals surface area contributed by atoms with Crippen molar-refractivity contribution in [2.24, 2.45) is 0 Å². The van der Waals surface area contributed by atoms with Crippen LogP contribution in [0.4, 0.5) is 10.1 Å². The van der Waals surface area contributed by atoms with Crippen molar-refractivity contribution in [2.45, 2.75) is 39.0 Å². The number of aromatic amines is 1. The van der Waals surface area contributed by atoms with Gasteiger partial charge in [0.2, 0.25) is 0 Å². The predicted octanol–water partition coefficient (Wildman–Crippen LogP) is 3.49. The Balaban J connectivity index is 2.10. The number of anilines is 1. The Bertz CT molecular complexity index is 1070. The fourth-order valence-corrected chi connectivity index (χ4v) is 4.37. The van der Waals surface area contributed by atoms with Gasteiger partial charge < -0.3 is 9.51 Å². The molecule has 0 unspecified atom stereocenters. The van der Waals surface area contributed by atoms with Crippen LogP contribution >= 0.6 is 0 Å². The zero-order chi connectivity index (χ0) is 19.1. The van der Waals surface area contributed by atoms with E-state index in [9.17, 15) is 12.8 Å². The number of rotatable bonds is 5. The molecule has 0 amide bonds. The fourth-order valence-electron chi connectivity index (χ4n) is 2.79. The van der Waals surface area contributed by atoms with Gasteiger partial charge in [0.1, 0.15) is 10.7 Å². The van der Waals surface area contributed by atoms with E-state index in [1.807, 2.05) is 6.92 Å². The second-order valence-electron chi connectivity index (χ2n) is 6.01. The van der Waals surface area contributed by atoms with Crippen molar-refractivity contribution in [1.82, 2.24) is 15.1 Å². The van der Waals surface area contributed by atoms with Crippen molar-refractivity contribution in [3.05, 3.63) is 46.8 Å². The number of nitrogens with one attached hydrogen (secondary N) is 2. The Hall–Kier alpha value is -2.68. The van der Waals surface area contributed by atoms with E-state index in [1.54, 1.807) is 20.8 Å². The molecule has 0 aliphatic rings. The van der Waals surface area contributed by atoms with Gasteiger partial charge in [0.05, 0.1) is 11.3 Å². The molecule has 1 aromatic carbocycles. The monoisotopic (exact) mass is 378 g/mol. The molecule has 2 heterocycles. The summed E-state index contributed by atoms with van der Waals surface area (Å²) in [6.45, 7) is 6.89. The van der Waals surface area contributed by atoms with Gasteiger partial charge in [0.15, 0.2) is 5.82 Å². The zero-order valence-corrected chi connectivity index (χ0v) is 15.7. The molecule has 0 spiro atoms. The number of aryl methyl sites for hydroxylation is 4. The molecule has 9 heteroatoms. The van der Waals surface area contributed by atoms with Crippen molar-refractivity contribution < 1.29 is 17.3 Å². The highest BCUT2D eigenvalue weighted by Gasteiger charge is 2.29. The maximum atomic E-state index is 13.3. The summed E-state index contributed by atoms with van der Waals surface area (Å²) in [6.07, 6.45) is 0.570. The number of benzene rings is 1.